The van der Waals surface area contributed by atoms with Crippen molar-refractivity contribution in [3.8, 4) is 27.9 Å². The van der Waals surface area contributed by atoms with E-state index in [-0.39, 0.29) is 0 Å². The fourth-order valence-corrected chi connectivity index (χ4v) is 7.98. The highest BCUT2D eigenvalue weighted by atomic mass is 32.1. The van der Waals surface area contributed by atoms with Gasteiger partial charge in [0.05, 0.1) is 16.7 Å². The van der Waals surface area contributed by atoms with E-state index in [0.29, 0.717) is 0 Å². The van der Waals surface area contributed by atoms with E-state index in [1.807, 2.05) is 0 Å². The van der Waals surface area contributed by atoms with Gasteiger partial charge in [0.2, 0.25) is 0 Å². The summed E-state index contributed by atoms with van der Waals surface area (Å²) >= 11 is 1.80. The van der Waals surface area contributed by atoms with Gasteiger partial charge in [-0.25, -0.2) is 0 Å². The van der Waals surface area contributed by atoms with Crippen LogP contribution in [0, 0.1) is 0 Å². The molecule has 8 aromatic rings. The molecular weight excluding hydrogens is 593 g/mol. The van der Waals surface area contributed by atoms with E-state index in [0.717, 1.165) is 22.3 Å². The summed E-state index contributed by atoms with van der Waals surface area (Å²) in [7, 11) is -0.488. The fraction of sp³-hybridized carbons (Fsp3) is 0.143. The Morgan fingerprint density at radius 3 is 1.96 bits per heavy atom. The second kappa shape index (κ2) is 10.4. The lowest BCUT2D eigenvalue weighted by Crippen LogP contribution is -2.41. The molecule has 2 aromatic heterocycles. The number of aromatic nitrogens is 1. The SMILES string of the molecule is CC1(C)OB(c2cc(-c3cc4ccsc4c4ccccc34)cc(-c3cn(-c4ccccc4)c4cc5ccccc5cc34)c2)OC1(C)C. The zero-order chi connectivity index (χ0) is 31.9. The van der Waals surface area contributed by atoms with Crippen LogP contribution in [0.4, 0.5) is 0 Å². The van der Waals surface area contributed by atoms with E-state index < -0.39 is 18.3 Å². The van der Waals surface area contributed by atoms with Crippen LogP contribution in [0.3, 0.4) is 0 Å². The molecule has 5 heteroatoms. The summed E-state index contributed by atoms with van der Waals surface area (Å²) in [5, 5.41) is 9.64. The number of fused-ring (bicyclic) bond motifs is 5. The predicted octanol–water partition coefficient (Wildman–Crippen LogP) is 10.8. The molecule has 9 rings (SSSR count). The van der Waals surface area contributed by atoms with Gasteiger partial charge < -0.3 is 13.9 Å². The van der Waals surface area contributed by atoms with Gasteiger partial charge in [-0.15, -0.1) is 11.3 Å². The predicted molar refractivity (Wildman–Crippen MR) is 200 cm³/mol. The summed E-state index contributed by atoms with van der Waals surface area (Å²) in [5.41, 5.74) is 7.12. The Labute approximate surface area is 279 Å². The minimum atomic E-state index is -0.488. The molecule has 0 amide bonds. The average molecular weight is 628 g/mol. The summed E-state index contributed by atoms with van der Waals surface area (Å²) in [6, 6.07) is 44.2. The first kappa shape index (κ1) is 28.5. The molecule has 0 saturated carbocycles. The van der Waals surface area contributed by atoms with Crippen LogP contribution in [0.1, 0.15) is 27.7 Å². The third-order valence-corrected chi connectivity index (χ3v) is 11.2. The van der Waals surface area contributed by atoms with Crippen molar-refractivity contribution in [3.05, 3.63) is 133 Å². The van der Waals surface area contributed by atoms with Gasteiger partial charge in [0.15, 0.2) is 0 Å². The molecule has 3 heterocycles. The van der Waals surface area contributed by atoms with E-state index in [2.05, 4.69) is 165 Å². The Balaban J connectivity index is 1.34. The molecule has 1 fully saturated rings. The summed E-state index contributed by atoms with van der Waals surface area (Å²) in [4.78, 5) is 0. The van der Waals surface area contributed by atoms with Gasteiger partial charge in [0.1, 0.15) is 0 Å². The van der Waals surface area contributed by atoms with Gasteiger partial charge in [0.25, 0.3) is 0 Å². The Morgan fingerprint density at radius 1 is 0.574 bits per heavy atom. The van der Waals surface area contributed by atoms with Crippen LogP contribution >= 0.6 is 11.3 Å². The van der Waals surface area contributed by atoms with Crippen LogP contribution in [0.15, 0.2) is 133 Å². The summed E-state index contributed by atoms with van der Waals surface area (Å²) in [5.74, 6) is 0. The monoisotopic (exact) mass is 627 g/mol. The van der Waals surface area contributed by atoms with Crippen LogP contribution in [0.2, 0.25) is 0 Å². The molecule has 1 aliphatic rings. The second-order valence-corrected chi connectivity index (χ2v) is 14.6. The molecule has 3 nitrogen and oxygen atoms in total. The van der Waals surface area contributed by atoms with Crippen LogP contribution < -0.4 is 5.46 Å². The van der Waals surface area contributed by atoms with Crippen molar-refractivity contribution in [1.82, 2.24) is 4.57 Å². The molecule has 0 unspecified atom stereocenters. The quantitative estimate of drug-likeness (QED) is 0.181. The summed E-state index contributed by atoms with van der Waals surface area (Å²) < 4.78 is 17.0. The van der Waals surface area contributed by atoms with Crippen molar-refractivity contribution in [3.63, 3.8) is 0 Å². The van der Waals surface area contributed by atoms with E-state index in [1.165, 1.54) is 53.7 Å². The summed E-state index contributed by atoms with van der Waals surface area (Å²) in [6.45, 7) is 8.48. The zero-order valence-electron chi connectivity index (χ0n) is 27.0. The highest BCUT2D eigenvalue weighted by molar-refractivity contribution is 7.18. The third kappa shape index (κ3) is 4.56. The van der Waals surface area contributed by atoms with Crippen molar-refractivity contribution in [2.75, 3.05) is 0 Å². The number of hydrogen-bond acceptors (Lipinski definition) is 3. The topological polar surface area (TPSA) is 23.4 Å². The van der Waals surface area contributed by atoms with Gasteiger partial charge in [-0.3, -0.25) is 0 Å². The zero-order valence-corrected chi connectivity index (χ0v) is 27.8. The normalized spacial score (nSPS) is 15.8. The maximum atomic E-state index is 6.67. The number of para-hydroxylation sites is 1. The molecule has 1 aliphatic heterocycles. The number of nitrogens with zero attached hydrogens (tertiary/aromatic N) is 1. The molecule has 0 aliphatic carbocycles. The maximum Gasteiger partial charge on any atom is 0.494 e. The first-order chi connectivity index (χ1) is 22.8. The molecular formula is C42H34BNO2S. The maximum absolute atomic E-state index is 6.67. The first-order valence-electron chi connectivity index (χ1n) is 16.3. The lowest BCUT2D eigenvalue weighted by molar-refractivity contribution is 0.00578. The molecule has 6 aromatic carbocycles. The number of hydrogen-bond donors (Lipinski definition) is 0. The molecule has 0 atom stereocenters. The molecule has 47 heavy (non-hydrogen) atoms. The van der Waals surface area contributed by atoms with Crippen molar-refractivity contribution in [1.29, 1.82) is 0 Å². The molecule has 0 radical (unpaired) electrons. The minimum absolute atomic E-state index is 0.446. The van der Waals surface area contributed by atoms with Gasteiger partial charge in [-0.1, -0.05) is 78.9 Å². The smallest absolute Gasteiger partial charge is 0.399 e. The molecule has 1 saturated heterocycles. The van der Waals surface area contributed by atoms with Gasteiger partial charge in [0, 0.05) is 32.9 Å². The second-order valence-electron chi connectivity index (χ2n) is 13.7. The third-order valence-electron chi connectivity index (χ3n) is 10.3. The van der Waals surface area contributed by atoms with Crippen LogP contribution in [0.25, 0.3) is 70.5 Å². The minimum Gasteiger partial charge on any atom is -0.399 e. The number of benzene rings is 6. The highest BCUT2D eigenvalue weighted by Gasteiger charge is 2.51. The number of thiophene rings is 1. The Kier molecular flexibility index (Phi) is 6.32. The van der Waals surface area contributed by atoms with E-state index in [1.54, 1.807) is 11.3 Å². The summed E-state index contributed by atoms with van der Waals surface area (Å²) in [6.07, 6.45) is 2.30. The first-order valence-corrected chi connectivity index (χ1v) is 17.1. The van der Waals surface area contributed by atoms with Crippen molar-refractivity contribution < 1.29 is 9.31 Å². The molecule has 228 valence electrons. The lowest BCUT2D eigenvalue weighted by Gasteiger charge is -2.32. The van der Waals surface area contributed by atoms with Crippen molar-refractivity contribution in [2.45, 2.75) is 38.9 Å². The van der Waals surface area contributed by atoms with E-state index >= 15 is 0 Å². The van der Waals surface area contributed by atoms with Crippen LogP contribution in [-0.2, 0) is 9.31 Å². The van der Waals surface area contributed by atoms with E-state index in [4.69, 9.17) is 9.31 Å². The highest BCUT2D eigenvalue weighted by Crippen LogP contribution is 2.42. The average Bonchev–Trinajstić information content (AvgIpc) is 3.77. The van der Waals surface area contributed by atoms with Crippen LogP contribution in [0.5, 0.6) is 0 Å². The van der Waals surface area contributed by atoms with Crippen LogP contribution in [-0.4, -0.2) is 22.9 Å². The standard InChI is InChI=1S/C42H34BNO2S/c1-41(2)42(3,4)46-43(45-41)32-21-30(36-24-29-18-19-47-40(29)35-17-11-10-16-34(35)36)20-31(22-32)38-26-44(33-14-6-5-7-15-33)39-25-28-13-9-8-12-27(28)23-37(38)39/h5-26H,1-4H3. The van der Waals surface area contributed by atoms with Crippen molar-refractivity contribution in [2.24, 2.45) is 0 Å². The Bertz CT molecular complexity index is 2470. The van der Waals surface area contributed by atoms with Gasteiger partial charge in [-0.05, 0) is 119 Å². The van der Waals surface area contributed by atoms with Crippen molar-refractivity contribution >= 4 is 66.5 Å². The number of rotatable bonds is 4. The molecule has 0 bridgehead atoms. The van der Waals surface area contributed by atoms with Gasteiger partial charge in [-0.2, -0.15) is 0 Å². The Hall–Kier alpha value is -4.68. The lowest BCUT2D eigenvalue weighted by atomic mass is 9.76. The largest absolute Gasteiger partial charge is 0.494 e. The Morgan fingerprint density at radius 2 is 1.21 bits per heavy atom. The molecule has 0 N–H and O–H groups in total. The van der Waals surface area contributed by atoms with E-state index in [9.17, 15) is 0 Å². The van der Waals surface area contributed by atoms with Gasteiger partial charge >= 0.3 is 7.12 Å². The molecule has 0 spiro atoms. The fourth-order valence-electron chi connectivity index (χ4n) is 7.06.